The number of aryl methyl sites for hydroxylation is 4. The summed E-state index contributed by atoms with van der Waals surface area (Å²) < 4.78 is 31.7. The van der Waals surface area contributed by atoms with Crippen LogP contribution in [-0.2, 0) is 28.9 Å². The molecule has 2 amide bonds. The third kappa shape index (κ3) is 8.61. The van der Waals surface area contributed by atoms with Crippen LogP contribution < -0.4 is 11.1 Å². The number of carboxylic acid groups (broad SMARTS) is 1. The molecule has 0 spiro atoms. The smallest absolute Gasteiger partial charge is 0.475 e. The fraction of sp³-hybridized carbons (Fsp3) is 0.250. The number of primary amides is 1. The molecule has 0 radical (unpaired) electrons. The highest BCUT2D eigenvalue weighted by Gasteiger charge is 2.38. The molecular formula is C24H25F3N4O4. The number of nitrogens with zero attached hydrogens (tertiary/aromatic N) is 1. The number of anilines is 1. The lowest BCUT2D eigenvalue weighted by atomic mass is 10.0. The number of carbonyl (C=O) groups excluding carboxylic acids is 2. The summed E-state index contributed by atoms with van der Waals surface area (Å²) in [7, 11) is 0. The number of halogens is 3. The van der Waals surface area contributed by atoms with Gasteiger partial charge in [0, 0.05) is 11.3 Å². The van der Waals surface area contributed by atoms with Gasteiger partial charge in [-0.2, -0.15) is 18.3 Å². The van der Waals surface area contributed by atoms with E-state index in [-0.39, 0.29) is 5.91 Å². The summed E-state index contributed by atoms with van der Waals surface area (Å²) in [5.41, 5.74) is 11.7. The molecule has 1 aromatic heterocycles. The van der Waals surface area contributed by atoms with E-state index in [4.69, 9.17) is 15.6 Å². The van der Waals surface area contributed by atoms with Crippen LogP contribution in [0, 0.1) is 13.8 Å². The van der Waals surface area contributed by atoms with Gasteiger partial charge in [-0.25, -0.2) is 4.79 Å². The number of hydrogen-bond donors (Lipinski definition) is 4. The molecule has 11 heteroatoms. The Morgan fingerprint density at radius 1 is 1.03 bits per heavy atom. The number of aromatic nitrogens is 2. The number of benzene rings is 2. The SMILES string of the molecule is Cc1ccc(CC(=O)Nc2cccc(CCc3cn[nH]c3C(N)=O)c2)cc1C.O=C(O)C(F)(F)F. The van der Waals surface area contributed by atoms with Crippen LogP contribution in [0.4, 0.5) is 18.9 Å². The fourth-order valence-electron chi connectivity index (χ4n) is 3.10. The number of amides is 2. The van der Waals surface area contributed by atoms with Crippen LogP contribution in [0.25, 0.3) is 0 Å². The molecule has 0 saturated heterocycles. The Labute approximate surface area is 199 Å². The fourth-order valence-corrected chi connectivity index (χ4v) is 3.10. The molecule has 0 unspecified atom stereocenters. The van der Waals surface area contributed by atoms with Gasteiger partial charge >= 0.3 is 12.1 Å². The van der Waals surface area contributed by atoms with E-state index in [9.17, 15) is 22.8 Å². The van der Waals surface area contributed by atoms with E-state index in [1.165, 1.54) is 11.1 Å². The number of hydrogen-bond acceptors (Lipinski definition) is 4. The van der Waals surface area contributed by atoms with Gasteiger partial charge in [0.25, 0.3) is 5.91 Å². The zero-order valence-electron chi connectivity index (χ0n) is 19.1. The molecule has 0 aliphatic heterocycles. The van der Waals surface area contributed by atoms with Crippen molar-refractivity contribution in [2.24, 2.45) is 5.73 Å². The highest BCUT2D eigenvalue weighted by molar-refractivity contribution is 5.92. The number of rotatable bonds is 7. The summed E-state index contributed by atoms with van der Waals surface area (Å²) in [6.45, 7) is 4.10. The molecule has 35 heavy (non-hydrogen) atoms. The zero-order valence-corrected chi connectivity index (χ0v) is 19.1. The first-order valence-electron chi connectivity index (χ1n) is 10.4. The van der Waals surface area contributed by atoms with E-state index in [2.05, 4.69) is 22.4 Å². The minimum Gasteiger partial charge on any atom is -0.475 e. The Kier molecular flexibility index (Phi) is 9.15. The van der Waals surface area contributed by atoms with E-state index in [1.54, 1.807) is 6.20 Å². The molecule has 3 rings (SSSR count). The Morgan fingerprint density at radius 2 is 1.71 bits per heavy atom. The summed E-state index contributed by atoms with van der Waals surface area (Å²) in [6.07, 6.45) is -1.78. The third-order valence-corrected chi connectivity index (χ3v) is 5.04. The number of alkyl halides is 3. The Balaban J connectivity index is 0.000000540. The molecule has 0 aliphatic carbocycles. The zero-order chi connectivity index (χ0) is 26.2. The van der Waals surface area contributed by atoms with Crippen molar-refractivity contribution in [3.63, 3.8) is 0 Å². The van der Waals surface area contributed by atoms with Crippen molar-refractivity contribution in [1.29, 1.82) is 0 Å². The first kappa shape index (κ1) is 27.1. The van der Waals surface area contributed by atoms with Crippen LogP contribution in [0.15, 0.2) is 48.7 Å². The quantitative estimate of drug-likeness (QED) is 0.400. The topological polar surface area (TPSA) is 138 Å². The van der Waals surface area contributed by atoms with Crippen LogP contribution in [0.5, 0.6) is 0 Å². The van der Waals surface area contributed by atoms with Crippen molar-refractivity contribution in [3.05, 3.63) is 82.2 Å². The number of aromatic amines is 1. The Bertz CT molecular complexity index is 1210. The molecule has 0 aliphatic rings. The summed E-state index contributed by atoms with van der Waals surface area (Å²) in [4.78, 5) is 32.6. The second-order valence-corrected chi connectivity index (χ2v) is 7.78. The van der Waals surface area contributed by atoms with Crippen LogP contribution in [0.3, 0.4) is 0 Å². The summed E-state index contributed by atoms with van der Waals surface area (Å²) in [5.74, 6) is -3.32. The lowest BCUT2D eigenvalue weighted by molar-refractivity contribution is -0.192. The van der Waals surface area contributed by atoms with Gasteiger partial charge in [0.05, 0.1) is 12.6 Å². The van der Waals surface area contributed by atoms with Crippen molar-refractivity contribution < 1.29 is 32.7 Å². The predicted molar refractivity (Wildman–Crippen MR) is 123 cm³/mol. The van der Waals surface area contributed by atoms with Crippen molar-refractivity contribution in [3.8, 4) is 0 Å². The van der Waals surface area contributed by atoms with Gasteiger partial charge < -0.3 is 16.2 Å². The van der Waals surface area contributed by atoms with Gasteiger partial charge in [0.2, 0.25) is 5.91 Å². The number of H-pyrrole nitrogens is 1. The molecule has 3 aromatic rings. The van der Waals surface area contributed by atoms with Gasteiger partial charge in [-0.1, -0.05) is 30.3 Å². The maximum absolute atomic E-state index is 12.4. The highest BCUT2D eigenvalue weighted by atomic mass is 19.4. The molecule has 0 atom stereocenters. The molecule has 5 N–H and O–H groups in total. The lowest BCUT2D eigenvalue weighted by Crippen LogP contribution is -2.21. The normalized spacial score (nSPS) is 10.8. The standard InChI is InChI=1S/C22H24N4O2.C2HF3O2/c1-14-6-7-17(10-15(14)2)12-20(27)25-19-5-3-4-16(11-19)8-9-18-13-24-26-21(18)22(23)28;3-2(4,5)1(6)7/h3-7,10-11,13H,8-9,12H2,1-2H3,(H2,23,28)(H,24,26)(H,25,27);(H,6,7). The van der Waals surface area contributed by atoms with Gasteiger partial charge in [-0.15, -0.1) is 0 Å². The van der Waals surface area contributed by atoms with Gasteiger partial charge in [0.1, 0.15) is 5.69 Å². The molecule has 2 aromatic carbocycles. The summed E-state index contributed by atoms with van der Waals surface area (Å²) in [6, 6.07) is 13.8. The minimum absolute atomic E-state index is 0.0498. The maximum atomic E-state index is 12.4. The Hall–Kier alpha value is -4.15. The molecule has 0 saturated carbocycles. The van der Waals surface area contributed by atoms with Crippen LogP contribution in [-0.4, -0.2) is 39.3 Å². The van der Waals surface area contributed by atoms with Crippen molar-refractivity contribution in [2.45, 2.75) is 39.3 Å². The largest absolute Gasteiger partial charge is 0.490 e. The monoisotopic (exact) mass is 490 g/mol. The van der Waals surface area contributed by atoms with Crippen molar-refractivity contribution in [2.75, 3.05) is 5.32 Å². The minimum atomic E-state index is -5.08. The van der Waals surface area contributed by atoms with E-state index in [0.29, 0.717) is 25.0 Å². The number of nitrogens with two attached hydrogens (primary N) is 1. The lowest BCUT2D eigenvalue weighted by Gasteiger charge is -2.09. The third-order valence-electron chi connectivity index (χ3n) is 5.04. The maximum Gasteiger partial charge on any atom is 0.490 e. The predicted octanol–water partition coefficient (Wildman–Crippen LogP) is 3.73. The molecular weight excluding hydrogens is 465 g/mol. The van der Waals surface area contributed by atoms with E-state index >= 15 is 0 Å². The molecule has 186 valence electrons. The van der Waals surface area contributed by atoms with Gasteiger partial charge in [-0.3, -0.25) is 14.7 Å². The Morgan fingerprint density at radius 3 is 2.31 bits per heavy atom. The second kappa shape index (κ2) is 11.8. The molecule has 0 fully saturated rings. The van der Waals surface area contributed by atoms with E-state index < -0.39 is 18.1 Å². The van der Waals surface area contributed by atoms with E-state index in [1.807, 2.05) is 49.4 Å². The summed E-state index contributed by atoms with van der Waals surface area (Å²) >= 11 is 0. The average molecular weight is 490 g/mol. The second-order valence-electron chi connectivity index (χ2n) is 7.78. The van der Waals surface area contributed by atoms with Gasteiger partial charge in [-0.05, 0) is 61.1 Å². The van der Waals surface area contributed by atoms with Gasteiger partial charge in [0.15, 0.2) is 0 Å². The van der Waals surface area contributed by atoms with Crippen molar-refractivity contribution in [1.82, 2.24) is 10.2 Å². The summed E-state index contributed by atoms with van der Waals surface area (Å²) in [5, 5.41) is 16.6. The number of nitrogens with one attached hydrogen (secondary N) is 2. The molecule has 0 bridgehead atoms. The van der Waals surface area contributed by atoms with Crippen LogP contribution >= 0.6 is 0 Å². The average Bonchev–Trinajstić information content (AvgIpc) is 3.24. The van der Waals surface area contributed by atoms with Crippen molar-refractivity contribution >= 4 is 23.5 Å². The molecule has 1 heterocycles. The molecule has 8 nitrogen and oxygen atoms in total. The number of carboxylic acids is 1. The van der Waals surface area contributed by atoms with Crippen LogP contribution in [0.2, 0.25) is 0 Å². The van der Waals surface area contributed by atoms with E-state index in [0.717, 1.165) is 22.4 Å². The first-order valence-corrected chi connectivity index (χ1v) is 10.4. The highest BCUT2D eigenvalue weighted by Crippen LogP contribution is 2.16. The number of carbonyl (C=O) groups is 3. The van der Waals surface area contributed by atoms with Crippen LogP contribution in [0.1, 0.15) is 38.3 Å². The first-order chi connectivity index (χ1) is 16.4. The number of aliphatic carboxylic acids is 1.